The van der Waals surface area contributed by atoms with Crippen molar-refractivity contribution < 1.29 is 14.2 Å². The van der Waals surface area contributed by atoms with Gasteiger partial charge in [0.2, 0.25) is 0 Å². The van der Waals surface area contributed by atoms with Crippen LogP contribution >= 0.6 is 0 Å². The van der Waals surface area contributed by atoms with E-state index < -0.39 is 11.9 Å². The molecule has 23 heavy (non-hydrogen) atoms. The molecule has 0 fully saturated rings. The fraction of sp³-hybridized carbons (Fsp3) is 0.263. The van der Waals surface area contributed by atoms with Crippen LogP contribution in [0.5, 0.6) is 5.75 Å². The Balaban J connectivity index is 1.90. The number of benzene rings is 2. The van der Waals surface area contributed by atoms with E-state index in [0.717, 1.165) is 5.56 Å². The molecule has 0 radical (unpaired) electrons. The zero-order valence-electron chi connectivity index (χ0n) is 13.0. The molecule has 4 heteroatoms. The van der Waals surface area contributed by atoms with E-state index in [-0.39, 0.29) is 19.2 Å². The van der Waals surface area contributed by atoms with E-state index in [1.807, 2.05) is 31.2 Å². The number of halogens is 1. The predicted molar refractivity (Wildman–Crippen MR) is 88.5 cm³/mol. The zero-order valence-corrected chi connectivity index (χ0v) is 13.0. The minimum Gasteiger partial charge on any atom is -0.481 e. The van der Waals surface area contributed by atoms with Crippen LogP contribution in [0.25, 0.3) is 0 Å². The van der Waals surface area contributed by atoms with Gasteiger partial charge in [-0.15, -0.1) is 6.42 Å². The highest BCUT2D eigenvalue weighted by Gasteiger charge is 2.13. The molecular formula is C19H20FNO2. The summed E-state index contributed by atoms with van der Waals surface area (Å²) in [5.74, 6) is 2.73. The molecule has 0 aliphatic heterocycles. The summed E-state index contributed by atoms with van der Waals surface area (Å²) in [6.45, 7) is 2.48. The van der Waals surface area contributed by atoms with Crippen LogP contribution in [-0.2, 0) is 0 Å². The number of hydrogen-bond acceptors (Lipinski definition) is 3. The maximum absolute atomic E-state index is 13.6. The summed E-state index contributed by atoms with van der Waals surface area (Å²) in [5, 5.41) is 13.3. The summed E-state index contributed by atoms with van der Waals surface area (Å²) in [6.07, 6.45) is 4.25. The summed E-state index contributed by atoms with van der Waals surface area (Å²) in [7, 11) is 0. The lowest BCUT2D eigenvalue weighted by Gasteiger charge is -2.18. The summed E-state index contributed by atoms with van der Waals surface area (Å²) in [5.41, 5.74) is 1.34. The second-order valence-corrected chi connectivity index (χ2v) is 5.23. The topological polar surface area (TPSA) is 41.5 Å². The van der Waals surface area contributed by atoms with Gasteiger partial charge in [-0.1, -0.05) is 36.3 Å². The first-order valence-electron chi connectivity index (χ1n) is 7.44. The Morgan fingerprint density at radius 1 is 1.22 bits per heavy atom. The molecule has 0 amide bonds. The molecule has 0 aromatic heterocycles. The third-order valence-corrected chi connectivity index (χ3v) is 3.58. The minimum absolute atomic E-state index is 0.0121. The fourth-order valence-electron chi connectivity index (χ4n) is 2.24. The Labute approximate surface area is 136 Å². The molecule has 0 saturated carbocycles. The van der Waals surface area contributed by atoms with Gasteiger partial charge in [-0.05, 0) is 30.7 Å². The van der Waals surface area contributed by atoms with E-state index in [2.05, 4.69) is 11.2 Å². The van der Waals surface area contributed by atoms with Crippen LogP contribution in [0, 0.1) is 18.2 Å². The molecule has 0 saturated heterocycles. The number of aliphatic hydroxyl groups excluding tert-OH is 1. The van der Waals surface area contributed by atoms with Crippen LogP contribution < -0.4 is 10.1 Å². The lowest BCUT2D eigenvalue weighted by molar-refractivity contribution is 0.166. The highest BCUT2D eigenvalue weighted by atomic mass is 19.1. The Hall–Kier alpha value is -2.35. The van der Waals surface area contributed by atoms with Crippen molar-refractivity contribution in [1.29, 1.82) is 0 Å². The maximum Gasteiger partial charge on any atom is 0.148 e. The molecule has 2 N–H and O–H groups in total. The number of hydrogen-bond donors (Lipinski definition) is 2. The Bertz CT molecular complexity index is 664. The molecule has 2 atom stereocenters. The van der Waals surface area contributed by atoms with E-state index in [1.54, 1.807) is 18.2 Å². The average molecular weight is 313 g/mol. The van der Waals surface area contributed by atoms with Crippen molar-refractivity contribution >= 4 is 0 Å². The molecule has 2 rings (SSSR count). The highest BCUT2D eigenvalue weighted by molar-refractivity contribution is 5.29. The summed E-state index contributed by atoms with van der Waals surface area (Å²) in [6, 6.07) is 13.8. The standard InChI is InChI=1S/C19H20FNO2/c1-3-12-23-16-10-8-15(9-11-16)14(2)21-13-19(22)17-6-4-5-7-18(17)20/h1,4-11,14,19,21-22H,12-13H2,2H3. The smallest absolute Gasteiger partial charge is 0.148 e. The zero-order chi connectivity index (χ0) is 16.7. The largest absolute Gasteiger partial charge is 0.481 e. The van der Waals surface area contributed by atoms with Crippen LogP contribution in [0.2, 0.25) is 0 Å². The first kappa shape index (κ1) is 17.0. The normalized spacial score (nSPS) is 13.1. The number of aliphatic hydroxyl groups is 1. The van der Waals surface area contributed by atoms with E-state index in [0.29, 0.717) is 11.3 Å². The minimum atomic E-state index is -0.892. The van der Waals surface area contributed by atoms with Gasteiger partial charge in [-0.25, -0.2) is 4.39 Å². The molecule has 2 aromatic carbocycles. The first-order chi connectivity index (χ1) is 11.1. The highest BCUT2D eigenvalue weighted by Crippen LogP contribution is 2.20. The fourth-order valence-corrected chi connectivity index (χ4v) is 2.24. The lowest BCUT2D eigenvalue weighted by Crippen LogP contribution is -2.25. The molecule has 0 heterocycles. The second kappa shape index (κ2) is 8.33. The van der Waals surface area contributed by atoms with Crippen molar-refractivity contribution in [1.82, 2.24) is 5.32 Å². The molecule has 3 nitrogen and oxygen atoms in total. The number of ether oxygens (including phenoxy) is 1. The second-order valence-electron chi connectivity index (χ2n) is 5.23. The SMILES string of the molecule is C#CCOc1ccc(C(C)NCC(O)c2ccccc2F)cc1. The van der Waals surface area contributed by atoms with Gasteiger partial charge in [0, 0.05) is 18.2 Å². The van der Waals surface area contributed by atoms with E-state index in [4.69, 9.17) is 11.2 Å². The van der Waals surface area contributed by atoms with Gasteiger partial charge in [-0.2, -0.15) is 0 Å². The van der Waals surface area contributed by atoms with Crippen LogP contribution in [0.1, 0.15) is 30.2 Å². The van der Waals surface area contributed by atoms with Gasteiger partial charge in [0.1, 0.15) is 18.2 Å². The van der Waals surface area contributed by atoms with Crippen LogP contribution in [0.3, 0.4) is 0 Å². The van der Waals surface area contributed by atoms with Gasteiger partial charge < -0.3 is 15.2 Å². The maximum atomic E-state index is 13.6. The molecule has 0 aliphatic carbocycles. The van der Waals surface area contributed by atoms with E-state index >= 15 is 0 Å². The van der Waals surface area contributed by atoms with Crippen molar-refractivity contribution in [2.45, 2.75) is 19.1 Å². The van der Waals surface area contributed by atoms with Crippen LogP contribution in [0.4, 0.5) is 4.39 Å². The van der Waals surface area contributed by atoms with Gasteiger partial charge >= 0.3 is 0 Å². The quantitative estimate of drug-likeness (QED) is 0.771. The summed E-state index contributed by atoms with van der Waals surface area (Å²) >= 11 is 0. The third kappa shape index (κ3) is 4.82. The Kier molecular flexibility index (Phi) is 6.16. The molecule has 0 aliphatic rings. The van der Waals surface area contributed by atoms with Crippen molar-refractivity contribution in [2.75, 3.05) is 13.2 Å². The third-order valence-electron chi connectivity index (χ3n) is 3.58. The molecule has 0 spiro atoms. The number of nitrogens with one attached hydrogen (secondary N) is 1. The predicted octanol–water partition coefficient (Wildman–Crippen LogP) is 3.22. The Morgan fingerprint density at radius 3 is 2.57 bits per heavy atom. The lowest BCUT2D eigenvalue weighted by atomic mass is 10.1. The molecule has 0 bridgehead atoms. The summed E-state index contributed by atoms with van der Waals surface area (Å²) < 4.78 is 18.9. The molecule has 120 valence electrons. The first-order valence-corrected chi connectivity index (χ1v) is 7.44. The van der Waals surface area contributed by atoms with Crippen LogP contribution in [-0.4, -0.2) is 18.3 Å². The van der Waals surface area contributed by atoms with Gasteiger partial charge in [0.05, 0.1) is 6.10 Å². The monoisotopic (exact) mass is 313 g/mol. The van der Waals surface area contributed by atoms with Crippen LogP contribution in [0.15, 0.2) is 48.5 Å². The van der Waals surface area contributed by atoms with Gasteiger partial charge in [0.15, 0.2) is 0 Å². The van der Waals surface area contributed by atoms with Crippen molar-refractivity contribution in [3.63, 3.8) is 0 Å². The summed E-state index contributed by atoms with van der Waals surface area (Å²) in [4.78, 5) is 0. The van der Waals surface area contributed by atoms with Gasteiger partial charge in [-0.3, -0.25) is 0 Å². The number of terminal acetylenes is 1. The van der Waals surface area contributed by atoms with Gasteiger partial charge in [0.25, 0.3) is 0 Å². The average Bonchev–Trinajstić information content (AvgIpc) is 2.58. The van der Waals surface area contributed by atoms with Crippen molar-refractivity contribution in [3.05, 3.63) is 65.5 Å². The number of rotatable bonds is 7. The van der Waals surface area contributed by atoms with Crippen molar-refractivity contribution in [2.24, 2.45) is 0 Å². The Morgan fingerprint density at radius 2 is 1.91 bits per heavy atom. The van der Waals surface area contributed by atoms with E-state index in [1.165, 1.54) is 6.07 Å². The van der Waals surface area contributed by atoms with E-state index in [9.17, 15) is 9.50 Å². The van der Waals surface area contributed by atoms with Crippen molar-refractivity contribution in [3.8, 4) is 18.1 Å². The molecular weight excluding hydrogens is 293 g/mol. The molecule has 2 aromatic rings. The molecule has 2 unspecified atom stereocenters.